The summed E-state index contributed by atoms with van der Waals surface area (Å²) in [7, 11) is 0. The van der Waals surface area contributed by atoms with Crippen LogP contribution in [0.15, 0.2) is 43.0 Å². The van der Waals surface area contributed by atoms with E-state index in [-0.39, 0.29) is 6.42 Å². The Kier molecular flexibility index (Phi) is 3.96. The standard InChI is InChI=1S/C13H14N2O3/c16-13(17)6-3-9-18-12-5-2-1-4-11(12)15-8-7-14-10-15/h1-2,4-5,7-8,10H,3,6,9H2,(H,16,17). The van der Waals surface area contributed by atoms with Gasteiger partial charge in [0.2, 0.25) is 0 Å². The van der Waals surface area contributed by atoms with Crippen LogP contribution >= 0.6 is 0 Å². The fourth-order valence-corrected chi connectivity index (χ4v) is 1.60. The molecule has 94 valence electrons. The lowest BCUT2D eigenvalue weighted by atomic mass is 10.3. The van der Waals surface area contributed by atoms with Gasteiger partial charge in [0, 0.05) is 18.8 Å². The molecule has 0 unspecified atom stereocenters. The Bertz CT molecular complexity index is 509. The van der Waals surface area contributed by atoms with Crippen LogP contribution in [-0.2, 0) is 4.79 Å². The second-order valence-corrected chi connectivity index (χ2v) is 3.78. The summed E-state index contributed by atoms with van der Waals surface area (Å²) in [6.07, 6.45) is 5.83. The molecule has 0 fully saturated rings. The molecule has 0 radical (unpaired) electrons. The van der Waals surface area contributed by atoms with Gasteiger partial charge in [0.15, 0.2) is 0 Å². The van der Waals surface area contributed by atoms with E-state index in [1.807, 2.05) is 35.0 Å². The molecule has 0 bridgehead atoms. The molecule has 0 aliphatic rings. The molecular weight excluding hydrogens is 232 g/mol. The lowest BCUT2D eigenvalue weighted by Gasteiger charge is -2.11. The van der Waals surface area contributed by atoms with Gasteiger partial charge in [-0.2, -0.15) is 0 Å². The molecule has 0 atom stereocenters. The number of carbonyl (C=O) groups is 1. The van der Waals surface area contributed by atoms with Gasteiger partial charge < -0.3 is 14.4 Å². The molecule has 5 nitrogen and oxygen atoms in total. The van der Waals surface area contributed by atoms with Crippen molar-refractivity contribution in [3.63, 3.8) is 0 Å². The first-order valence-corrected chi connectivity index (χ1v) is 5.69. The normalized spacial score (nSPS) is 10.2. The van der Waals surface area contributed by atoms with Crippen molar-refractivity contribution in [3.8, 4) is 11.4 Å². The fraction of sp³-hybridized carbons (Fsp3) is 0.231. The van der Waals surface area contributed by atoms with E-state index >= 15 is 0 Å². The van der Waals surface area contributed by atoms with Crippen LogP contribution in [0.3, 0.4) is 0 Å². The SMILES string of the molecule is O=C(O)CCCOc1ccccc1-n1ccnc1. The van der Waals surface area contributed by atoms with Crippen LogP contribution < -0.4 is 4.74 Å². The van der Waals surface area contributed by atoms with E-state index in [0.29, 0.717) is 13.0 Å². The summed E-state index contributed by atoms with van der Waals surface area (Å²) in [4.78, 5) is 14.4. The third-order valence-electron chi connectivity index (χ3n) is 2.44. The first-order valence-electron chi connectivity index (χ1n) is 5.69. The zero-order chi connectivity index (χ0) is 12.8. The highest BCUT2D eigenvalue weighted by atomic mass is 16.5. The van der Waals surface area contributed by atoms with Crippen molar-refractivity contribution in [2.24, 2.45) is 0 Å². The number of hydrogen-bond acceptors (Lipinski definition) is 3. The van der Waals surface area contributed by atoms with Crippen LogP contribution in [0.25, 0.3) is 5.69 Å². The van der Waals surface area contributed by atoms with Crippen LogP contribution in [0.4, 0.5) is 0 Å². The van der Waals surface area contributed by atoms with E-state index < -0.39 is 5.97 Å². The summed E-state index contributed by atoms with van der Waals surface area (Å²) in [5.74, 6) is -0.0811. The maximum absolute atomic E-state index is 10.4. The van der Waals surface area contributed by atoms with E-state index in [2.05, 4.69) is 4.98 Å². The average Bonchev–Trinajstić information content (AvgIpc) is 2.88. The van der Waals surface area contributed by atoms with Crippen molar-refractivity contribution in [1.29, 1.82) is 0 Å². The lowest BCUT2D eigenvalue weighted by Crippen LogP contribution is -2.04. The third kappa shape index (κ3) is 3.10. The van der Waals surface area contributed by atoms with Crippen LogP contribution in [0.2, 0.25) is 0 Å². The Balaban J connectivity index is 2.02. The minimum atomic E-state index is -0.804. The van der Waals surface area contributed by atoms with Gasteiger partial charge in [-0.3, -0.25) is 4.79 Å². The molecule has 0 aliphatic heterocycles. The van der Waals surface area contributed by atoms with Crippen LogP contribution in [0, 0.1) is 0 Å². The lowest BCUT2D eigenvalue weighted by molar-refractivity contribution is -0.137. The topological polar surface area (TPSA) is 64.3 Å². The molecule has 0 saturated carbocycles. The number of aromatic nitrogens is 2. The van der Waals surface area contributed by atoms with Gasteiger partial charge in [-0.15, -0.1) is 0 Å². The van der Waals surface area contributed by atoms with Crippen LogP contribution in [0.1, 0.15) is 12.8 Å². The minimum Gasteiger partial charge on any atom is -0.491 e. The highest BCUT2D eigenvalue weighted by Gasteiger charge is 2.05. The van der Waals surface area contributed by atoms with Crippen molar-refractivity contribution < 1.29 is 14.6 Å². The molecule has 1 N–H and O–H groups in total. The van der Waals surface area contributed by atoms with Crippen LogP contribution in [0.5, 0.6) is 5.75 Å². The van der Waals surface area contributed by atoms with Crippen molar-refractivity contribution in [2.45, 2.75) is 12.8 Å². The maximum atomic E-state index is 10.4. The van der Waals surface area contributed by atoms with E-state index in [9.17, 15) is 4.79 Å². The van der Waals surface area contributed by atoms with E-state index in [0.717, 1.165) is 11.4 Å². The molecule has 0 saturated heterocycles. The molecule has 0 spiro atoms. The molecule has 0 amide bonds. The summed E-state index contributed by atoms with van der Waals surface area (Å²) in [6.45, 7) is 0.387. The molecule has 1 heterocycles. The molecular formula is C13H14N2O3. The number of hydrogen-bond donors (Lipinski definition) is 1. The van der Waals surface area contributed by atoms with Crippen molar-refractivity contribution >= 4 is 5.97 Å². The number of para-hydroxylation sites is 2. The Labute approximate surface area is 105 Å². The van der Waals surface area contributed by atoms with E-state index in [1.165, 1.54) is 0 Å². The fourth-order valence-electron chi connectivity index (χ4n) is 1.60. The van der Waals surface area contributed by atoms with Gasteiger partial charge in [0.1, 0.15) is 5.75 Å². The number of carboxylic acids is 1. The van der Waals surface area contributed by atoms with Gasteiger partial charge in [-0.25, -0.2) is 4.98 Å². The van der Waals surface area contributed by atoms with Crippen molar-refractivity contribution in [1.82, 2.24) is 9.55 Å². The predicted molar refractivity (Wildman–Crippen MR) is 65.9 cm³/mol. The summed E-state index contributed by atoms with van der Waals surface area (Å²) < 4.78 is 7.45. The number of rotatable bonds is 6. The number of ether oxygens (including phenoxy) is 1. The Morgan fingerprint density at radius 3 is 2.94 bits per heavy atom. The highest BCUT2D eigenvalue weighted by molar-refractivity contribution is 5.66. The van der Waals surface area contributed by atoms with Gasteiger partial charge in [-0.1, -0.05) is 12.1 Å². The molecule has 0 aliphatic carbocycles. The Morgan fingerprint density at radius 1 is 1.39 bits per heavy atom. The smallest absolute Gasteiger partial charge is 0.303 e. The van der Waals surface area contributed by atoms with Gasteiger partial charge in [0.05, 0.1) is 18.6 Å². The first-order chi connectivity index (χ1) is 8.77. The third-order valence-corrected chi connectivity index (χ3v) is 2.44. The van der Waals surface area contributed by atoms with Crippen molar-refractivity contribution in [2.75, 3.05) is 6.61 Å². The average molecular weight is 246 g/mol. The summed E-state index contributed by atoms with van der Waals surface area (Å²) >= 11 is 0. The summed E-state index contributed by atoms with van der Waals surface area (Å²) in [5, 5.41) is 8.55. The largest absolute Gasteiger partial charge is 0.491 e. The molecule has 2 rings (SSSR count). The van der Waals surface area contributed by atoms with E-state index in [4.69, 9.17) is 9.84 Å². The highest BCUT2D eigenvalue weighted by Crippen LogP contribution is 2.22. The molecule has 5 heteroatoms. The number of carboxylic acid groups (broad SMARTS) is 1. The number of imidazole rings is 1. The number of benzene rings is 1. The minimum absolute atomic E-state index is 0.118. The second-order valence-electron chi connectivity index (χ2n) is 3.78. The van der Waals surface area contributed by atoms with E-state index in [1.54, 1.807) is 12.5 Å². The summed E-state index contributed by atoms with van der Waals surface area (Å²) in [5.41, 5.74) is 0.894. The molecule has 1 aromatic carbocycles. The van der Waals surface area contributed by atoms with Crippen LogP contribution in [-0.4, -0.2) is 27.2 Å². The Morgan fingerprint density at radius 2 is 2.22 bits per heavy atom. The first kappa shape index (κ1) is 12.2. The molecule has 2 aromatic rings. The summed E-state index contributed by atoms with van der Waals surface area (Å²) in [6, 6.07) is 7.58. The van der Waals surface area contributed by atoms with Crippen molar-refractivity contribution in [3.05, 3.63) is 43.0 Å². The number of nitrogens with zero attached hydrogens (tertiary/aromatic N) is 2. The van der Waals surface area contributed by atoms with Gasteiger partial charge in [0.25, 0.3) is 0 Å². The maximum Gasteiger partial charge on any atom is 0.303 e. The molecule has 1 aromatic heterocycles. The van der Waals surface area contributed by atoms with Gasteiger partial charge in [-0.05, 0) is 18.6 Å². The second kappa shape index (κ2) is 5.86. The monoisotopic (exact) mass is 246 g/mol. The quantitative estimate of drug-likeness (QED) is 0.793. The Hall–Kier alpha value is -2.30. The number of aliphatic carboxylic acids is 1. The zero-order valence-corrected chi connectivity index (χ0v) is 9.82. The zero-order valence-electron chi connectivity index (χ0n) is 9.82. The predicted octanol–water partition coefficient (Wildman–Crippen LogP) is 2.12. The molecule has 18 heavy (non-hydrogen) atoms. The van der Waals surface area contributed by atoms with Gasteiger partial charge >= 0.3 is 5.97 Å².